The number of anilines is 2. The molecular formula is C22H27N3O5. The summed E-state index contributed by atoms with van der Waals surface area (Å²) in [5.41, 5.74) is 2.23. The molecule has 8 heteroatoms. The predicted octanol–water partition coefficient (Wildman–Crippen LogP) is 2.31. The standard InChI is InChI=1S/C22H27N3O5/c1-13(2)22(29)25-10-4-5-15-7-8-16(11-17(15)25)24-21(28)20(27)23-12-18(26)19-9-6-14(3)30-19/h6-9,11,13,18,26H,4-5,10,12H2,1-3H3,(H,23,27)(H,24,28). The highest BCUT2D eigenvalue weighted by Crippen LogP contribution is 2.31. The maximum atomic E-state index is 12.5. The van der Waals surface area contributed by atoms with Gasteiger partial charge in [0, 0.05) is 23.8 Å². The zero-order chi connectivity index (χ0) is 21.8. The Morgan fingerprint density at radius 3 is 2.60 bits per heavy atom. The molecule has 160 valence electrons. The van der Waals surface area contributed by atoms with E-state index in [2.05, 4.69) is 10.6 Å². The molecule has 1 atom stereocenters. The molecule has 0 saturated carbocycles. The Hall–Kier alpha value is -3.13. The highest BCUT2D eigenvalue weighted by atomic mass is 16.4. The summed E-state index contributed by atoms with van der Waals surface area (Å²) in [5, 5.41) is 15.0. The Balaban J connectivity index is 1.63. The van der Waals surface area contributed by atoms with Crippen LogP contribution in [0.3, 0.4) is 0 Å². The van der Waals surface area contributed by atoms with E-state index in [0.717, 1.165) is 24.1 Å². The van der Waals surface area contributed by atoms with Crippen LogP contribution in [-0.2, 0) is 20.8 Å². The number of aryl methyl sites for hydroxylation is 2. The molecule has 30 heavy (non-hydrogen) atoms. The second kappa shape index (κ2) is 9.13. The lowest BCUT2D eigenvalue weighted by molar-refractivity contribution is -0.136. The molecule has 1 aromatic carbocycles. The minimum absolute atomic E-state index is 0.0271. The van der Waals surface area contributed by atoms with Crippen LogP contribution >= 0.6 is 0 Å². The Bertz CT molecular complexity index is 950. The molecule has 0 saturated heterocycles. The lowest BCUT2D eigenvalue weighted by Crippen LogP contribution is -2.39. The predicted molar refractivity (Wildman–Crippen MR) is 112 cm³/mol. The van der Waals surface area contributed by atoms with Gasteiger partial charge in [-0.1, -0.05) is 19.9 Å². The Morgan fingerprint density at radius 1 is 1.17 bits per heavy atom. The van der Waals surface area contributed by atoms with Crippen LogP contribution < -0.4 is 15.5 Å². The fraction of sp³-hybridized carbons (Fsp3) is 0.409. The Labute approximate surface area is 175 Å². The van der Waals surface area contributed by atoms with Crippen molar-refractivity contribution >= 4 is 29.1 Å². The zero-order valence-corrected chi connectivity index (χ0v) is 17.4. The molecule has 3 N–H and O–H groups in total. The van der Waals surface area contributed by atoms with Crippen molar-refractivity contribution in [3.63, 3.8) is 0 Å². The number of carbonyl (C=O) groups excluding carboxylic acids is 3. The van der Waals surface area contributed by atoms with E-state index in [9.17, 15) is 19.5 Å². The normalized spacial score (nSPS) is 14.2. The van der Waals surface area contributed by atoms with Crippen LogP contribution in [0.25, 0.3) is 0 Å². The number of aliphatic hydroxyl groups excluding tert-OH is 1. The minimum atomic E-state index is -1.05. The van der Waals surface area contributed by atoms with Gasteiger partial charge in [0.15, 0.2) is 0 Å². The summed E-state index contributed by atoms with van der Waals surface area (Å²) in [5.74, 6) is -0.868. The average Bonchev–Trinajstić information content (AvgIpc) is 3.17. The lowest BCUT2D eigenvalue weighted by Gasteiger charge is -2.31. The molecule has 0 radical (unpaired) electrons. The first-order valence-electron chi connectivity index (χ1n) is 10.0. The monoisotopic (exact) mass is 413 g/mol. The van der Waals surface area contributed by atoms with Gasteiger partial charge in [0.25, 0.3) is 0 Å². The molecule has 0 bridgehead atoms. The van der Waals surface area contributed by atoms with Gasteiger partial charge < -0.3 is 25.1 Å². The van der Waals surface area contributed by atoms with Crippen LogP contribution in [-0.4, -0.2) is 35.9 Å². The third-order valence-corrected chi connectivity index (χ3v) is 4.97. The molecule has 2 heterocycles. The topological polar surface area (TPSA) is 112 Å². The molecule has 1 aliphatic heterocycles. The molecule has 3 amide bonds. The Morgan fingerprint density at radius 2 is 1.93 bits per heavy atom. The van der Waals surface area contributed by atoms with Crippen molar-refractivity contribution in [3.05, 3.63) is 47.4 Å². The molecule has 1 aromatic heterocycles. The van der Waals surface area contributed by atoms with E-state index < -0.39 is 17.9 Å². The molecular weight excluding hydrogens is 386 g/mol. The van der Waals surface area contributed by atoms with Crippen LogP contribution in [0.2, 0.25) is 0 Å². The number of hydrogen-bond acceptors (Lipinski definition) is 5. The quantitative estimate of drug-likeness (QED) is 0.652. The van der Waals surface area contributed by atoms with E-state index in [-0.39, 0.29) is 18.4 Å². The van der Waals surface area contributed by atoms with Crippen LogP contribution in [0.1, 0.15) is 43.5 Å². The first-order chi connectivity index (χ1) is 14.3. The van der Waals surface area contributed by atoms with Gasteiger partial charge >= 0.3 is 11.8 Å². The van der Waals surface area contributed by atoms with Gasteiger partial charge in [-0.3, -0.25) is 14.4 Å². The van der Waals surface area contributed by atoms with Crippen molar-refractivity contribution in [1.82, 2.24) is 5.32 Å². The van der Waals surface area contributed by atoms with Gasteiger partial charge in [-0.05, 0) is 49.6 Å². The fourth-order valence-electron chi connectivity index (χ4n) is 3.38. The van der Waals surface area contributed by atoms with Gasteiger partial charge in [0.1, 0.15) is 17.6 Å². The SMILES string of the molecule is Cc1ccc(C(O)CNC(=O)C(=O)Nc2ccc3c(c2)N(C(=O)C(C)C)CCC3)o1. The maximum Gasteiger partial charge on any atom is 0.313 e. The largest absolute Gasteiger partial charge is 0.464 e. The van der Waals surface area contributed by atoms with Crippen molar-refractivity contribution < 1.29 is 23.9 Å². The molecule has 0 aliphatic carbocycles. The highest BCUT2D eigenvalue weighted by Gasteiger charge is 2.25. The number of carbonyl (C=O) groups is 3. The third kappa shape index (κ3) is 4.88. The van der Waals surface area contributed by atoms with E-state index in [4.69, 9.17) is 4.42 Å². The van der Waals surface area contributed by atoms with Crippen molar-refractivity contribution in [2.45, 2.75) is 39.7 Å². The highest BCUT2D eigenvalue weighted by molar-refractivity contribution is 6.39. The molecule has 1 unspecified atom stereocenters. The molecule has 0 spiro atoms. The third-order valence-electron chi connectivity index (χ3n) is 4.97. The summed E-state index contributed by atoms with van der Waals surface area (Å²) >= 11 is 0. The molecule has 1 aliphatic rings. The number of fused-ring (bicyclic) bond motifs is 1. The average molecular weight is 413 g/mol. The summed E-state index contributed by atoms with van der Waals surface area (Å²) in [4.78, 5) is 38.6. The number of furan rings is 1. The maximum absolute atomic E-state index is 12.5. The zero-order valence-electron chi connectivity index (χ0n) is 17.4. The molecule has 0 fully saturated rings. The van der Waals surface area contributed by atoms with E-state index in [0.29, 0.717) is 23.8 Å². The van der Waals surface area contributed by atoms with Crippen LogP contribution in [0.4, 0.5) is 11.4 Å². The lowest BCUT2D eigenvalue weighted by atomic mass is 9.99. The van der Waals surface area contributed by atoms with Crippen molar-refractivity contribution in [3.8, 4) is 0 Å². The first kappa shape index (κ1) is 21.6. The minimum Gasteiger partial charge on any atom is -0.464 e. The number of nitrogens with one attached hydrogen (secondary N) is 2. The van der Waals surface area contributed by atoms with Crippen molar-refractivity contribution in [2.75, 3.05) is 23.3 Å². The number of rotatable bonds is 5. The van der Waals surface area contributed by atoms with Crippen LogP contribution in [0, 0.1) is 12.8 Å². The van der Waals surface area contributed by atoms with E-state index in [1.165, 1.54) is 0 Å². The summed E-state index contributed by atoms with van der Waals surface area (Å²) in [6.07, 6.45) is 0.697. The molecule has 8 nitrogen and oxygen atoms in total. The van der Waals surface area contributed by atoms with E-state index >= 15 is 0 Å². The number of aliphatic hydroxyl groups is 1. The second-order valence-corrected chi connectivity index (χ2v) is 7.72. The summed E-state index contributed by atoms with van der Waals surface area (Å²) in [6, 6.07) is 8.62. The van der Waals surface area contributed by atoms with Gasteiger partial charge in [-0.25, -0.2) is 0 Å². The van der Waals surface area contributed by atoms with Crippen molar-refractivity contribution in [1.29, 1.82) is 0 Å². The first-order valence-corrected chi connectivity index (χ1v) is 10.0. The fourth-order valence-corrected chi connectivity index (χ4v) is 3.38. The smallest absolute Gasteiger partial charge is 0.313 e. The number of amides is 3. The van der Waals surface area contributed by atoms with Gasteiger partial charge in [0.2, 0.25) is 5.91 Å². The number of nitrogens with zero attached hydrogens (tertiary/aromatic N) is 1. The summed E-state index contributed by atoms with van der Waals surface area (Å²) in [7, 11) is 0. The Kier molecular flexibility index (Phi) is 6.56. The molecule has 3 rings (SSSR count). The number of hydrogen-bond donors (Lipinski definition) is 3. The van der Waals surface area contributed by atoms with E-state index in [1.807, 2.05) is 19.9 Å². The second-order valence-electron chi connectivity index (χ2n) is 7.72. The van der Waals surface area contributed by atoms with E-state index in [1.54, 1.807) is 36.1 Å². The summed E-state index contributed by atoms with van der Waals surface area (Å²) < 4.78 is 5.30. The summed E-state index contributed by atoms with van der Waals surface area (Å²) in [6.45, 7) is 5.93. The van der Waals surface area contributed by atoms with Crippen LogP contribution in [0.15, 0.2) is 34.7 Å². The molecule has 2 aromatic rings. The van der Waals surface area contributed by atoms with Crippen LogP contribution in [0.5, 0.6) is 0 Å². The van der Waals surface area contributed by atoms with Gasteiger partial charge in [-0.15, -0.1) is 0 Å². The van der Waals surface area contributed by atoms with Gasteiger partial charge in [-0.2, -0.15) is 0 Å². The van der Waals surface area contributed by atoms with Crippen molar-refractivity contribution in [2.24, 2.45) is 5.92 Å². The number of benzene rings is 1. The van der Waals surface area contributed by atoms with Gasteiger partial charge in [0.05, 0.1) is 6.54 Å².